The minimum atomic E-state index is -0.177. The zero-order valence-corrected chi connectivity index (χ0v) is 13.4. The van der Waals surface area contributed by atoms with Crippen LogP contribution in [0, 0.1) is 0 Å². The third-order valence-corrected chi connectivity index (χ3v) is 8.40. The molecule has 0 N–H and O–H groups in total. The van der Waals surface area contributed by atoms with Crippen LogP contribution >= 0.6 is 43.2 Å². The predicted molar refractivity (Wildman–Crippen MR) is 70.1 cm³/mol. The van der Waals surface area contributed by atoms with Crippen molar-refractivity contribution in [3.63, 3.8) is 0 Å². The van der Waals surface area contributed by atoms with Gasteiger partial charge in [-0.15, -0.1) is 0 Å². The van der Waals surface area contributed by atoms with E-state index in [1.807, 2.05) is 13.0 Å². The molecule has 0 aliphatic heterocycles. The number of thiophene rings is 1. The molecule has 0 saturated heterocycles. The maximum atomic E-state index is 11.5. The van der Waals surface area contributed by atoms with Crippen molar-refractivity contribution in [2.45, 2.75) is 6.92 Å². The zero-order chi connectivity index (χ0) is 11.0. The van der Waals surface area contributed by atoms with E-state index < -0.39 is 0 Å². The second-order valence-corrected chi connectivity index (χ2v) is 8.08. The molecule has 0 aromatic carbocycles. The molecule has 2 heterocycles. The molecule has 2 aromatic heterocycles. The van der Waals surface area contributed by atoms with Crippen LogP contribution in [0.4, 0.5) is 0 Å². The molecule has 2 aromatic rings. The van der Waals surface area contributed by atoms with Gasteiger partial charge in [0.05, 0.1) is 0 Å². The van der Waals surface area contributed by atoms with Gasteiger partial charge in [-0.3, -0.25) is 0 Å². The van der Waals surface area contributed by atoms with Gasteiger partial charge in [0.25, 0.3) is 0 Å². The Kier molecular flexibility index (Phi) is 3.73. The molecule has 0 atom stereocenters. The number of hydrogen-bond acceptors (Lipinski definition) is 3. The number of halogens is 2. The van der Waals surface area contributed by atoms with Crippen molar-refractivity contribution in [1.29, 1.82) is 0 Å². The monoisotopic (exact) mass is 416 g/mol. The minimum absolute atomic E-state index is 0.0724. The van der Waals surface area contributed by atoms with Crippen molar-refractivity contribution < 1.29 is 9.53 Å². The summed E-state index contributed by atoms with van der Waals surface area (Å²) >= 11 is 8.69. The molecular weight excluding hydrogens is 411 g/mol. The fraction of sp³-hybridized carbons (Fsp3) is 0.222. The molecule has 15 heavy (non-hydrogen) atoms. The van der Waals surface area contributed by atoms with E-state index in [0.717, 1.165) is 17.4 Å². The Hall–Kier alpha value is 0.389. The number of ether oxygens (including phenoxy) is 1. The van der Waals surface area contributed by atoms with E-state index in [4.69, 9.17) is 4.74 Å². The fourth-order valence-electron chi connectivity index (χ4n) is 1.14. The fourth-order valence-corrected chi connectivity index (χ4v) is 6.58. The molecule has 6 heteroatoms. The van der Waals surface area contributed by atoms with Gasteiger partial charge in [0.2, 0.25) is 0 Å². The second kappa shape index (κ2) is 4.72. The summed E-state index contributed by atoms with van der Waals surface area (Å²) < 4.78 is 10.4. The molecule has 0 fully saturated rings. The standard InChI is InChI=1S/C9H6Br2O2SSe/c1-2-13-9(12)5-3-4-7(15-5)6(10)8(11)14-4/h3H,2H2,1H3. The van der Waals surface area contributed by atoms with Crippen LogP contribution < -0.4 is 0 Å². The van der Waals surface area contributed by atoms with Gasteiger partial charge in [0.15, 0.2) is 0 Å². The summed E-state index contributed by atoms with van der Waals surface area (Å²) in [6.45, 7) is 2.26. The van der Waals surface area contributed by atoms with Crippen molar-refractivity contribution in [3.8, 4) is 0 Å². The molecule has 2 rings (SSSR count). The third-order valence-electron chi connectivity index (χ3n) is 1.75. The normalized spacial score (nSPS) is 10.9. The molecule has 0 saturated carbocycles. The number of esters is 1. The molecule has 0 aliphatic carbocycles. The number of carbonyl (C=O) groups excluding carboxylic acids is 1. The van der Waals surface area contributed by atoms with Gasteiger partial charge in [-0.2, -0.15) is 0 Å². The van der Waals surface area contributed by atoms with Crippen LogP contribution in [0.25, 0.3) is 8.96 Å². The van der Waals surface area contributed by atoms with Crippen molar-refractivity contribution in [1.82, 2.24) is 0 Å². The van der Waals surface area contributed by atoms with E-state index in [1.165, 1.54) is 4.26 Å². The van der Waals surface area contributed by atoms with Crippen molar-refractivity contribution >= 4 is 72.6 Å². The van der Waals surface area contributed by atoms with Gasteiger partial charge < -0.3 is 0 Å². The maximum absolute atomic E-state index is 11.5. The summed E-state index contributed by atoms with van der Waals surface area (Å²) in [4.78, 5) is 11.5. The van der Waals surface area contributed by atoms with Gasteiger partial charge in [-0.25, -0.2) is 0 Å². The van der Waals surface area contributed by atoms with Crippen LogP contribution in [0.2, 0.25) is 0 Å². The average molecular weight is 417 g/mol. The summed E-state index contributed by atoms with van der Waals surface area (Å²) in [5.74, 6) is -0.177. The Morgan fingerprint density at radius 2 is 2.33 bits per heavy atom. The summed E-state index contributed by atoms with van der Waals surface area (Å²) in [5.41, 5.74) is 0. The first-order chi connectivity index (χ1) is 7.13. The first-order valence-corrected chi connectivity index (χ1v) is 8.29. The molecule has 0 unspecified atom stereocenters. The molecule has 0 spiro atoms. The third kappa shape index (κ3) is 2.24. The van der Waals surface area contributed by atoms with Crippen LogP contribution in [0.15, 0.2) is 14.3 Å². The molecule has 80 valence electrons. The Morgan fingerprint density at radius 1 is 1.60 bits per heavy atom. The van der Waals surface area contributed by atoms with Gasteiger partial charge in [0, 0.05) is 0 Å². The van der Waals surface area contributed by atoms with Gasteiger partial charge in [-0.05, 0) is 0 Å². The van der Waals surface area contributed by atoms with E-state index in [1.54, 1.807) is 11.3 Å². The Balaban J connectivity index is 2.44. The summed E-state index contributed by atoms with van der Waals surface area (Å²) in [5, 5.41) is 0. The van der Waals surface area contributed by atoms with Crippen LogP contribution in [0.1, 0.15) is 16.2 Å². The number of carbonyl (C=O) groups is 1. The first-order valence-electron chi connectivity index (χ1n) is 4.18. The average Bonchev–Trinajstić information content (AvgIpc) is 2.70. The van der Waals surface area contributed by atoms with E-state index >= 15 is 0 Å². The quantitative estimate of drug-likeness (QED) is 0.551. The van der Waals surface area contributed by atoms with E-state index in [2.05, 4.69) is 31.9 Å². The Labute approximate surface area is 114 Å². The summed E-state index contributed by atoms with van der Waals surface area (Å²) in [6.07, 6.45) is 0. The van der Waals surface area contributed by atoms with Crippen molar-refractivity contribution in [3.05, 3.63) is 18.8 Å². The number of rotatable bonds is 2. The van der Waals surface area contributed by atoms with Gasteiger partial charge in [-0.1, -0.05) is 0 Å². The molecule has 0 bridgehead atoms. The zero-order valence-electron chi connectivity index (χ0n) is 7.67. The Bertz CT molecular complexity index is 517. The molecular formula is C9H6Br2O2SSe. The summed E-state index contributed by atoms with van der Waals surface area (Å²) in [6, 6.07) is 1.94. The molecule has 2 nitrogen and oxygen atoms in total. The molecule has 0 aliphatic rings. The van der Waals surface area contributed by atoms with E-state index in [0.29, 0.717) is 6.61 Å². The van der Waals surface area contributed by atoms with Crippen molar-refractivity contribution in [2.75, 3.05) is 6.61 Å². The number of fused-ring (bicyclic) bond motifs is 1. The number of hydrogen-bond donors (Lipinski definition) is 0. The summed E-state index contributed by atoms with van der Waals surface area (Å²) in [7, 11) is 0. The molecule has 0 radical (unpaired) electrons. The van der Waals surface area contributed by atoms with Gasteiger partial charge in [0.1, 0.15) is 0 Å². The van der Waals surface area contributed by atoms with Crippen LogP contribution in [-0.4, -0.2) is 27.1 Å². The van der Waals surface area contributed by atoms with Crippen LogP contribution in [0.5, 0.6) is 0 Å². The topological polar surface area (TPSA) is 26.3 Å². The first kappa shape index (κ1) is 11.9. The SMILES string of the molecule is CCOC(=O)c1cc2sc(Br)c(Br)c2[se]1. The van der Waals surface area contributed by atoms with Crippen molar-refractivity contribution in [2.24, 2.45) is 0 Å². The van der Waals surface area contributed by atoms with E-state index in [9.17, 15) is 4.79 Å². The van der Waals surface area contributed by atoms with Crippen LogP contribution in [0.3, 0.4) is 0 Å². The second-order valence-electron chi connectivity index (χ2n) is 2.71. The Morgan fingerprint density at radius 3 is 2.93 bits per heavy atom. The predicted octanol–water partition coefficient (Wildman–Crippen LogP) is 3.66. The molecule has 0 amide bonds. The van der Waals surface area contributed by atoms with Crippen LogP contribution in [-0.2, 0) is 4.74 Å². The van der Waals surface area contributed by atoms with E-state index in [-0.39, 0.29) is 20.5 Å². The van der Waals surface area contributed by atoms with Gasteiger partial charge >= 0.3 is 114 Å².